The van der Waals surface area contributed by atoms with Crippen LogP contribution < -0.4 is 10.6 Å². The van der Waals surface area contributed by atoms with E-state index < -0.39 is 0 Å². The molecule has 1 aliphatic rings. The SMILES string of the molecule is CC1CCNC(C(=O)Nc2ncc(Br)nc2Br)C1. The average Bonchev–Trinajstić information content (AvgIpc) is 2.32. The third-order valence-corrected chi connectivity index (χ3v) is 3.86. The quantitative estimate of drug-likeness (QED) is 0.829. The Morgan fingerprint density at radius 3 is 3.00 bits per heavy atom. The predicted molar refractivity (Wildman–Crippen MR) is 76.3 cm³/mol. The van der Waals surface area contributed by atoms with E-state index in [9.17, 15) is 4.79 Å². The Balaban J connectivity index is 2.02. The molecule has 0 saturated carbocycles. The van der Waals surface area contributed by atoms with Crippen molar-refractivity contribution in [2.24, 2.45) is 5.92 Å². The molecule has 7 heteroatoms. The van der Waals surface area contributed by atoms with Crippen molar-refractivity contribution in [3.8, 4) is 0 Å². The van der Waals surface area contributed by atoms with E-state index in [4.69, 9.17) is 0 Å². The van der Waals surface area contributed by atoms with Gasteiger partial charge >= 0.3 is 0 Å². The van der Waals surface area contributed by atoms with E-state index in [1.165, 1.54) is 0 Å². The van der Waals surface area contributed by atoms with Gasteiger partial charge in [-0.1, -0.05) is 6.92 Å². The Morgan fingerprint density at radius 1 is 1.56 bits per heavy atom. The number of nitrogens with zero attached hydrogens (tertiary/aromatic N) is 2. The normalized spacial score (nSPS) is 23.7. The number of aromatic nitrogens is 2. The lowest BCUT2D eigenvalue weighted by molar-refractivity contribution is -0.119. The van der Waals surface area contributed by atoms with Crippen LogP contribution >= 0.6 is 31.9 Å². The first-order valence-corrected chi connectivity index (χ1v) is 7.37. The average molecular weight is 378 g/mol. The molecule has 2 rings (SSSR count). The van der Waals surface area contributed by atoms with Crippen LogP contribution in [0.2, 0.25) is 0 Å². The molecule has 1 fully saturated rings. The van der Waals surface area contributed by atoms with E-state index >= 15 is 0 Å². The highest BCUT2D eigenvalue weighted by Crippen LogP contribution is 2.21. The molecule has 1 saturated heterocycles. The zero-order valence-electron chi connectivity index (χ0n) is 9.91. The van der Waals surface area contributed by atoms with Gasteiger partial charge in [0.1, 0.15) is 9.21 Å². The van der Waals surface area contributed by atoms with Gasteiger partial charge in [-0.15, -0.1) is 0 Å². The van der Waals surface area contributed by atoms with Gasteiger partial charge in [-0.3, -0.25) is 4.79 Å². The predicted octanol–water partition coefficient (Wildman–Crippen LogP) is 2.33. The molecule has 2 atom stereocenters. The van der Waals surface area contributed by atoms with E-state index in [1.54, 1.807) is 6.20 Å². The first-order chi connectivity index (χ1) is 8.56. The summed E-state index contributed by atoms with van der Waals surface area (Å²) in [5.41, 5.74) is 0. The minimum absolute atomic E-state index is 0.0566. The van der Waals surface area contributed by atoms with Gasteiger partial charge in [-0.25, -0.2) is 9.97 Å². The molecule has 2 N–H and O–H groups in total. The summed E-state index contributed by atoms with van der Waals surface area (Å²) in [6.45, 7) is 3.04. The van der Waals surface area contributed by atoms with Crippen molar-refractivity contribution >= 4 is 43.6 Å². The molecule has 1 aromatic rings. The second kappa shape index (κ2) is 6.08. The maximum atomic E-state index is 12.1. The van der Waals surface area contributed by atoms with Crippen LogP contribution in [-0.2, 0) is 4.79 Å². The molecule has 2 heterocycles. The van der Waals surface area contributed by atoms with Crippen molar-refractivity contribution in [3.63, 3.8) is 0 Å². The summed E-state index contributed by atoms with van der Waals surface area (Å²) in [7, 11) is 0. The van der Waals surface area contributed by atoms with Crippen LogP contribution in [0.15, 0.2) is 15.4 Å². The number of nitrogens with one attached hydrogen (secondary N) is 2. The van der Waals surface area contributed by atoms with Gasteiger partial charge in [0.25, 0.3) is 0 Å². The van der Waals surface area contributed by atoms with Gasteiger partial charge in [0.2, 0.25) is 5.91 Å². The summed E-state index contributed by atoms with van der Waals surface area (Å²) in [5.74, 6) is 0.962. The lowest BCUT2D eigenvalue weighted by atomic mass is 9.94. The van der Waals surface area contributed by atoms with Crippen LogP contribution in [0.25, 0.3) is 0 Å². The molecule has 5 nitrogen and oxygen atoms in total. The molecule has 1 aliphatic heterocycles. The molecule has 0 bridgehead atoms. The number of carbonyl (C=O) groups excluding carboxylic acids is 1. The fourth-order valence-electron chi connectivity index (χ4n) is 1.94. The van der Waals surface area contributed by atoms with E-state index in [-0.39, 0.29) is 11.9 Å². The van der Waals surface area contributed by atoms with Crippen LogP contribution in [-0.4, -0.2) is 28.5 Å². The summed E-state index contributed by atoms with van der Waals surface area (Å²) in [5, 5.41) is 6.00. The van der Waals surface area contributed by atoms with Crippen LogP contribution in [0.3, 0.4) is 0 Å². The molecule has 1 amide bonds. The van der Waals surface area contributed by atoms with E-state index in [0.717, 1.165) is 19.4 Å². The first kappa shape index (κ1) is 13.9. The maximum Gasteiger partial charge on any atom is 0.242 e. The van der Waals surface area contributed by atoms with Gasteiger partial charge in [-0.05, 0) is 57.2 Å². The summed E-state index contributed by atoms with van der Waals surface area (Å²) in [6.07, 6.45) is 3.52. The molecule has 0 radical (unpaired) electrons. The van der Waals surface area contributed by atoms with E-state index in [1.807, 2.05) is 0 Å². The van der Waals surface area contributed by atoms with Gasteiger partial charge in [-0.2, -0.15) is 0 Å². The number of carbonyl (C=O) groups is 1. The molecule has 98 valence electrons. The number of hydrogen-bond donors (Lipinski definition) is 2. The molecule has 2 unspecified atom stereocenters. The molecular formula is C11H14Br2N4O. The van der Waals surface area contributed by atoms with Crippen molar-refractivity contribution in [1.82, 2.24) is 15.3 Å². The Hall–Kier alpha value is -0.530. The number of amides is 1. The summed E-state index contributed by atoms with van der Waals surface area (Å²) in [4.78, 5) is 20.3. The van der Waals surface area contributed by atoms with Crippen molar-refractivity contribution in [2.45, 2.75) is 25.8 Å². The van der Waals surface area contributed by atoms with Gasteiger partial charge in [0.05, 0.1) is 12.2 Å². The maximum absolute atomic E-state index is 12.1. The molecule has 18 heavy (non-hydrogen) atoms. The molecular weight excluding hydrogens is 364 g/mol. The smallest absolute Gasteiger partial charge is 0.242 e. The minimum atomic E-state index is -0.147. The Kier molecular flexibility index (Phi) is 4.69. The fourth-order valence-corrected chi connectivity index (χ4v) is 2.85. The van der Waals surface area contributed by atoms with Gasteiger partial charge < -0.3 is 10.6 Å². The highest BCUT2D eigenvalue weighted by molar-refractivity contribution is 9.11. The third-order valence-electron chi connectivity index (χ3n) is 2.92. The van der Waals surface area contributed by atoms with Gasteiger partial charge in [0.15, 0.2) is 5.82 Å². The highest BCUT2D eigenvalue weighted by Gasteiger charge is 2.25. The van der Waals surface area contributed by atoms with Crippen LogP contribution in [0.1, 0.15) is 19.8 Å². The summed E-state index contributed by atoms with van der Waals surface area (Å²) in [6, 6.07) is -0.147. The highest BCUT2D eigenvalue weighted by atomic mass is 79.9. The van der Waals surface area contributed by atoms with Crippen LogP contribution in [0, 0.1) is 5.92 Å². The second-order valence-electron chi connectivity index (χ2n) is 4.46. The fraction of sp³-hybridized carbons (Fsp3) is 0.545. The van der Waals surface area contributed by atoms with Gasteiger partial charge in [0, 0.05) is 0 Å². The standard InChI is InChI=1S/C11H14Br2N4O/c1-6-2-3-14-7(4-6)11(18)17-10-9(13)16-8(12)5-15-10/h5-7,14H,2-4H2,1H3,(H,15,17,18). The second-order valence-corrected chi connectivity index (χ2v) is 6.02. The Morgan fingerprint density at radius 2 is 2.33 bits per heavy atom. The van der Waals surface area contributed by atoms with E-state index in [0.29, 0.717) is 20.9 Å². The van der Waals surface area contributed by atoms with Crippen molar-refractivity contribution < 1.29 is 4.79 Å². The molecule has 0 aliphatic carbocycles. The largest absolute Gasteiger partial charge is 0.307 e. The topological polar surface area (TPSA) is 66.9 Å². The van der Waals surface area contributed by atoms with Crippen LogP contribution in [0.4, 0.5) is 5.82 Å². The van der Waals surface area contributed by atoms with Crippen molar-refractivity contribution in [1.29, 1.82) is 0 Å². The third kappa shape index (κ3) is 3.49. The van der Waals surface area contributed by atoms with Crippen molar-refractivity contribution in [2.75, 3.05) is 11.9 Å². The summed E-state index contributed by atoms with van der Waals surface area (Å²) >= 11 is 6.49. The lowest BCUT2D eigenvalue weighted by Crippen LogP contribution is -2.45. The minimum Gasteiger partial charge on any atom is -0.307 e. The monoisotopic (exact) mass is 376 g/mol. The summed E-state index contributed by atoms with van der Waals surface area (Å²) < 4.78 is 1.14. The number of anilines is 1. The number of piperidine rings is 1. The van der Waals surface area contributed by atoms with Crippen LogP contribution in [0.5, 0.6) is 0 Å². The lowest BCUT2D eigenvalue weighted by Gasteiger charge is -2.27. The Bertz CT molecular complexity index is 455. The number of rotatable bonds is 2. The van der Waals surface area contributed by atoms with Crippen molar-refractivity contribution in [3.05, 3.63) is 15.4 Å². The molecule has 0 spiro atoms. The number of halogens is 2. The first-order valence-electron chi connectivity index (χ1n) is 5.78. The van der Waals surface area contributed by atoms with E-state index in [2.05, 4.69) is 59.4 Å². The molecule has 0 aromatic carbocycles. The molecule has 1 aromatic heterocycles. The number of hydrogen-bond acceptors (Lipinski definition) is 4. The zero-order chi connectivity index (χ0) is 13.1. The Labute approximate surface area is 122 Å². The zero-order valence-corrected chi connectivity index (χ0v) is 13.1.